The summed E-state index contributed by atoms with van der Waals surface area (Å²) in [6, 6.07) is 3.71. The van der Waals surface area contributed by atoms with Gasteiger partial charge in [0.2, 0.25) is 5.88 Å². The molecule has 7 heteroatoms. The van der Waals surface area contributed by atoms with Gasteiger partial charge in [0, 0.05) is 23.2 Å². The van der Waals surface area contributed by atoms with Crippen molar-refractivity contribution in [2.75, 3.05) is 18.4 Å². The summed E-state index contributed by atoms with van der Waals surface area (Å²) in [7, 11) is 0. The van der Waals surface area contributed by atoms with Crippen molar-refractivity contribution in [2.24, 2.45) is 0 Å². The van der Waals surface area contributed by atoms with E-state index in [0.29, 0.717) is 29.0 Å². The zero-order valence-electron chi connectivity index (χ0n) is 10.3. The highest BCUT2D eigenvalue weighted by Crippen LogP contribution is 2.39. The summed E-state index contributed by atoms with van der Waals surface area (Å²) < 4.78 is 0.979. The zero-order valence-corrected chi connectivity index (χ0v) is 11.1. The first kappa shape index (κ1) is 11.4. The minimum absolute atomic E-state index is 0.0638. The molecule has 3 heterocycles. The Balaban J connectivity index is 2.13. The Bertz CT molecular complexity index is 858. The standard InChI is InChI=1S/C13H10N4O2S/c18-8-5-16-10-6(17-8)1-2-7-9(10)11-12(20-7)13(19)15-4-3-14-11/h1-2,5,14H,3-4H2,(H,15,19)(H,17,18). The number of anilines is 1. The highest BCUT2D eigenvalue weighted by Gasteiger charge is 2.22. The minimum atomic E-state index is -0.108. The van der Waals surface area contributed by atoms with Gasteiger partial charge in [-0.25, -0.2) is 9.97 Å². The molecule has 0 spiro atoms. The first-order valence-electron chi connectivity index (χ1n) is 6.17. The molecule has 0 bridgehead atoms. The molecule has 100 valence electrons. The number of nitrogens with one attached hydrogen (secondary N) is 2. The second-order valence-electron chi connectivity index (χ2n) is 4.52. The fraction of sp³-hybridized carbons (Fsp3) is 0.154. The SMILES string of the molecule is O=C1NCCNc2c1sc1ccc3nc(O)cnc3c21. The second-order valence-corrected chi connectivity index (χ2v) is 5.58. The zero-order chi connectivity index (χ0) is 13.7. The number of hydrogen-bond acceptors (Lipinski definition) is 6. The fourth-order valence-corrected chi connectivity index (χ4v) is 3.53. The van der Waals surface area contributed by atoms with E-state index in [2.05, 4.69) is 20.6 Å². The fourth-order valence-electron chi connectivity index (χ4n) is 2.43. The molecule has 0 saturated carbocycles. The van der Waals surface area contributed by atoms with E-state index in [1.807, 2.05) is 6.07 Å². The third-order valence-electron chi connectivity index (χ3n) is 3.27. The third kappa shape index (κ3) is 1.53. The van der Waals surface area contributed by atoms with Gasteiger partial charge in [0.05, 0.1) is 22.9 Å². The number of aromatic hydroxyl groups is 1. The molecule has 1 aliphatic rings. The van der Waals surface area contributed by atoms with E-state index in [9.17, 15) is 9.90 Å². The van der Waals surface area contributed by atoms with E-state index >= 15 is 0 Å². The molecule has 1 amide bonds. The number of amides is 1. The number of benzene rings is 1. The van der Waals surface area contributed by atoms with Crippen LogP contribution in [0, 0.1) is 0 Å². The van der Waals surface area contributed by atoms with E-state index in [1.54, 1.807) is 6.07 Å². The molecule has 4 rings (SSSR count). The summed E-state index contributed by atoms with van der Waals surface area (Å²) in [5, 5.41) is 16.5. The highest BCUT2D eigenvalue weighted by molar-refractivity contribution is 7.21. The van der Waals surface area contributed by atoms with Crippen molar-refractivity contribution in [1.82, 2.24) is 15.3 Å². The van der Waals surface area contributed by atoms with Crippen LogP contribution < -0.4 is 10.6 Å². The molecule has 1 aromatic carbocycles. The van der Waals surface area contributed by atoms with Gasteiger partial charge in [0.25, 0.3) is 5.91 Å². The molecule has 0 aliphatic carbocycles. The number of thiophene rings is 1. The lowest BCUT2D eigenvalue weighted by atomic mass is 10.1. The van der Waals surface area contributed by atoms with E-state index in [1.165, 1.54) is 17.5 Å². The summed E-state index contributed by atoms with van der Waals surface area (Å²) in [4.78, 5) is 21.0. The Morgan fingerprint density at radius 2 is 2.10 bits per heavy atom. The molecule has 3 N–H and O–H groups in total. The van der Waals surface area contributed by atoms with Crippen LogP contribution in [0.5, 0.6) is 5.88 Å². The van der Waals surface area contributed by atoms with Gasteiger partial charge in [-0.3, -0.25) is 4.79 Å². The average Bonchev–Trinajstić information content (AvgIpc) is 2.73. The Labute approximate surface area is 117 Å². The number of hydrogen-bond donors (Lipinski definition) is 3. The van der Waals surface area contributed by atoms with Crippen molar-refractivity contribution in [2.45, 2.75) is 0 Å². The molecule has 0 radical (unpaired) electrons. The van der Waals surface area contributed by atoms with Gasteiger partial charge < -0.3 is 15.7 Å². The predicted octanol–water partition coefficient (Wildman–Crippen LogP) is 1.71. The van der Waals surface area contributed by atoms with Gasteiger partial charge >= 0.3 is 0 Å². The van der Waals surface area contributed by atoms with E-state index in [0.717, 1.165) is 15.8 Å². The van der Waals surface area contributed by atoms with Gasteiger partial charge in [-0.1, -0.05) is 0 Å². The van der Waals surface area contributed by atoms with Gasteiger partial charge in [0.15, 0.2) is 0 Å². The number of nitrogens with zero attached hydrogens (tertiary/aromatic N) is 2. The van der Waals surface area contributed by atoms with Crippen LogP contribution >= 0.6 is 11.3 Å². The van der Waals surface area contributed by atoms with E-state index in [-0.39, 0.29) is 11.8 Å². The number of rotatable bonds is 0. The molecule has 20 heavy (non-hydrogen) atoms. The normalized spacial score (nSPS) is 14.7. The maximum atomic E-state index is 12.0. The molecule has 0 atom stereocenters. The largest absolute Gasteiger partial charge is 0.492 e. The molecule has 1 aliphatic heterocycles. The number of carbonyl (C=O) groups is 1. The predicted molar refractivity (Wildman–Crippen MR) is 77.4 cm³/mol. The van der Waals surface area contributed by atoms with Gasteiger partial charge in [-0.2, -0.15) is 0 Å². The van der Waals surface area contributed by atoms with Crippen molar-refractivity contribution >= 4 is 44.1 Å². The van der Waals surface area contributed by atoms with Gasteiger partial charge in [-0.05, 0) is 12.1 Å². The van der Waals surface area contributed by atoms with Crippen LogP contribution in [-0.4, -0.2) is 34.1 Å². The minimum Gasteiger partial charge on any atom is -0.492 e. The molecule has 0 fully saturated rings. The Kier molecular flexibility index (Phi) is 2.31. The molecule has 6 nitrogen and oxygen atoms in total. The Hall–Kier alpha value is -2.41. The number of fused-ring (bicyclic) bond motifs is 5. The van der Waals surface area contributed by atoms with Crippen molar-refractivity contribution < 1.29 is 9.90 Å². The quantitative estimate of drug-likeness (QED) is 0.585. The average molecular weight is 286 g/mol. The van der Waals surface area contributed by atoms with Crippen molar-refractivity contribution in [3.05, 3.63) is 23.2 Å². The smallest absolute Gasteiger partial charge is 0.263 e. The third-order valence-corrected chi connectivity index (χ3v) is 4.42. The first-order valence-corrected chi connectivity index (χ1v) is 6.99. The first-order chi connectivity index (χ1) is 9.74. The summed E-state index contributed by atoms with van der Waals surface area (Å²) in [6.45, 7) is 1.27. The van der Waals surface area contributed by atoms with E-state index in [4.69, 9.17) is 0 Å². The summed E-state index contributed by atoms with van der Waals surface area (Å²) in [5.74, 6) is -0.171. The van der Waals surface area contributed by atoms with E-state index < -0.39 is 0 Å². The van der Waals surface area contributed by atoms with Crippen LogP contribution in [0.3, 0.4) is 0 Å². The monoisotopic (exact) mass is 286 g/mol. The maximum Gasteiger partial charge on any atom is 0.263 e. The lowest BCUT2D eigenvalue weighted by Crippen LogP contribution is -2.24. The molecule has 0 unspecified atom stereocenters. The van der Waals surface area contributed by atoms with Crippen LogP contribution in [0.2, 0.25) is 0 Å². The molecule has 2 aromatic heterocycles. The van der Waals surface area contributed by atoms with Crippen molar-refractivity contribution in [1.29, 1.82) is 0 Å². The maximum absolute atomic E-state index is 12.0. The topological polar surface area (TPSA) is 87.1 Å². The lowest BCUT2D eigenvalue weighted by molar-refractivity contribution is 0.0962. The van der Waals surface area contributed by atoms with Crippen LogP contribution in [-0.2, 0) is 0 Å². The van der Waals surface area contributed by atoms with Crippen LogP contribution in [0.25, 0.3) is 21.1 Å². The van der Waals surface area contributed by atoms with Gasteiger partial charge in [0.1, 0.15) is 4.88 Å². The summed E-state index contributed by atoms with van der Waals surface area (Å²) >= 11 is 1.44. The molecular formula is C13H10N4O2S. The van der Waals surface area contributed by atoms with Gasteiger partial charge in [-0.15, -0.1) is 11.3 Å². The molecular weight excluding hydrogens is 276 g/mol. The van der Waals surface area contributed by atoms with Crippen LogP contribution in [0.1, 0.15) is 9.67 Å². The lowest BCUT2D eigenvalue weighted by Gasteiger charge is -2.04. The summed E-state index contributed by atoms with van der Waals surface area (Å²) in [5.41, 5.74) is 2.12. The number of aromatic nitrogens is 2. The number of carbonyl (C=O) groups excluding carboxylic acids is 1. The van der Waals surface area contributed by atoms with Crippen LogP contribution in [0.4, 0.5) is 5.69 Å². The van der Waals surface area contributed by atoms with Crippen LogP contribution in [0.15, 0.2) is 18.3 Å². The van der Waals surface area contributed by atoms with Crippen molar-refractivity contribution in [3.63, 3.8) is 0 Å². The molecule has 3 aromatic rings. The molecule has 0 saturated heterocycles. The highest BCUT2D eigenvalue weighted by atomic mass is 32.1. The van der Waals surface area contributed by atoms with Crippen molar-refractivity contribution in [3.8, 4) is 5.88 Å². The Morgan fingerprint density at radius 3 is 3.00 bits per heavy atom. The second kappa shape index (κ2) is 4.04. The summed E-state index contributed by atoms with van der Waals surface area (Å²) in [6.07, 6.45) is 1.32. The Morgan fingerprint density at radius 1 is 1.25 bits per heavy atom.